The Morgan fingerprint density at radius 3 is 1.72 bits per heavy atom. The Morgan fingerprint density at radius 2 is 1.28 bits per heavy atom. The number of hydrogen-bond donors (Lipinski definition) is 2. The molecule has 0 aromatic heterocycles. The fraction of sp³-hybridized carbons (Fsp3) is 0.647. The number of aryl methyl sites for hydroxylation is 1. The number of benzene rings is 1. The van der Waals surface area contributed by atoms with Gasteiger partial charge in [0.2, 0.25) is 10.0 Å². The van der Waals surface area contributed by atoms with Crippen molar-refractivity contribution in [3.63, 3.8) is 0 Å². The van der Waals surface area contributed by atoms with Gasteiger partial charge < -0.3 is 0 Å². The average Bonchev–Trinajstić information content (AvgIpc) is 2.68. The molecule has 2 rings (SSSR count). The molecule has 0 aliphatic carbocycles. The predicted octanol–water partition coefficient (Wildman–Crippen LogP) is 1.46. The van der Waals surface area contributed by atoms with Crippen LogP contribution in [-0.4, -0.2) is 86.4 Å². The van der Waals surface area contributed by atoms with Gasteiger partial charge in [0.15, 0.2) is 0 Å². The van der Waals surface area contributed by atoms with Gasteiger partial charge in [0.1, 0.15) is 0 Å². The Kier molecular flexibility index (Phi) is 8.57. The largest absolute Gasteiger partial charge is 0.300 e. The smallest absolute Gasteiger partial charge is 0.243 e. The van der Waals surface area contributed by atoms with E-state index in [0.717, 1.165) is 56.3 Å². The zero-order valence-electron chi connectivity index (χ0n) is 14.8. The van der Waals surface area contributed by atoms with E-state index in [-0.39, 0.29) is 0 Å². The van der Waals surface area contributed by atoms with E-state index < -0.39 is 10.0 Å². The molecule has 0 unspecified atom stereocenters. The zero-order valence-corrected chi connectivity index (χ0v) is 17.4. The van der Waals surface area contributed by atoms with Crippen LogP contribution in [0, 0.1) is 6.92 Å². The van der Waals surface area contributed by atoms with E-state index in [2.05, 4.69) is 35.1 Å². The van der Waals surface area contributed by atoms with Crippen molar-refractivity contribution in [1.29, 1.82) is 0 Å². The van der Waals surface area contributed by atoms with Crippen LogP contribution in [0.5, 0.6) is 0 Å². The van der Waals surface area contributed by atoms with Gasteiger partial charge >= 0.3 is 0 Å². The van der Waals surface area contributed by atoms with Gasteiger partial charge in [-0.05, 0) is 19.1 Å². The van der Waals surface area contributed by atoms with Crippen LogP contribution in [0.2, 0.25) is 0 Å². The fourth-order valence-electron chi connectivity index (χ4n) is 2.95. The standard InChI is InChI=1S/C17H29N3O2S3/c1-16-2-4-17(5-3-16)25(21,22)20-10-8-18(12-14-23)6-7-19(9-11-20)13-15-24/h2-5,23-24H,6-15H2,1H3. The van der Waals surface area contributed by atoms with Gasteiger partial charge in [-0.1, -0.05) is 17.7 Å². The van der Waals surface area contributed by atoms with E-state index in [0.29, 0.717) is 18.0 Å². The van der Waals surface area contributed by atoms with Crippen molar-refractivity contribution in [1.82, 2.24) is 14.1 Å². The van der Waals surface area contributed by atoms with Crippen LogP contribution < -0.4 is 0 Å². The molecule has 5 nitrogen and oxygen atoms in total. The Labute approximate surface area is 163 Å². The Morgan fingerprint density at radius 1 is 0.840 bits per heavy atom. The van der Waals surface area contributed by atoms with E-state index in [1.165, 1.54) is 0 Å². The summed E-state index contributed by atoms with van der Waals surface area (Å²) in [7, 11) is -3.47. The van der Waals surface area contributed by atoms with Crippen LogP contribution in [0.1, 0.15) is 5.56 Å². The molecule has 1 aromatic carbocycles. The van der Waals surface area contributed by atoms with Gasteiger partial charge in [0, 0.05) is 63.9 Å². The summed E-state index contributed by atoms with van der Waals surface area (Å²) in [6.45, 7) is 8.07. The van der Waals surface area contributed by atoms with E-state index in [4.69, 9.17) is 0 Å². The van der Waals surface area contributed by atoms with E-state index in [9.17, 15) is 8.42 Å². The summed E-state index contributed by atoms with van der Waals surface area (Å²) in [4.78, 5) is 4.96. The van der Waals surface area contributed by atoms with Crippen molar-refractivity contribution < 1.29 is 8.42 Å². The maximum atomic E-state index is 13.1. The first-order valence-electron chi connectivity index (χ1n) is 8.70. The maximum Gasteiger partial charge on any atom is 0.243 e. The second kappa shape index (κ2) is 10.2. The molecule has 1 aliphatic heterocycles. The van der Waals surface area contributed by atoms with Crippen molar-refractivity contribution in [2.24, 2.45) is 0 Å². The third-order valence-electron chi connectivity index (χ3n) is 4.55. The van der Waals surface area contributed by atoms with Gasteiger partial charge in [-0.2, -0.15) is 29.6 Å². The molecule has 0 N–H and O–H groups in total. The van der Waals surface area contributed by atoms with Crippen LogP contribution in [0.25, 0.3) is 0 Å². The first kappa shape index (κ1) is 21.1. The van der Waals surface area contributed by atoms with Crippen LogP contribution in [0.15, 0.2) is 29.2 Å². The summed E-state index contributed by atoms with van der Waals surface area (Å²) >= 11 is 8.66. The van der Waals surface area contributed by atoms with Crippen LogP contribution >= 0.6 is 25.3 Å². The molecule has 25 heavy (non-hydrogen) atoms. The van der Waals surface area contributed by atoms with Crippen molar-refractivity contribution in [3.05, 3.63) is 29.8 Å². The minimum absolute atomic E-state index is 0.374. The highest BCUT2D eigenvalue weighted by molar-refractivity contribution is 7.89. The Balaban J connectivity index is 2.19. The summed E-state index contributed by atoms with van der Waals surface area (Å²) in [5.74, 6) is 1.55. The molecule has 0 amide bonds. The van der Waals surface area contributed by atoms with Gasteiger partial charge in [-0.3, -0.25) is 9.80 Å². The Bertz CT molecular complexity index is 605. The lowest BCUT2D eigenvalue weighted by molar-refractivity contribution is 0.235. The maximum absolute atomic E-state index is 13.1. The third kappa shape index (κ3) is 6.15. The molecule has 0 radical (unpaired) electrons. The van der Waals surface area contributed by atoms with Crippen molar-refractivity contribution in [2.75, 3.05) is 63.9 Å². The Hall–Kier alpha value is -0.250. The topological polar surface area (TPSA) is 43.9 Å². The lowest BCUT2D eigenvalue weighted by Gasteiger charge is -2.25. The minimum atomic E-state index is -3.47. The quantitative estimate of drug-likeness (QED) is 0.706. The summed E-state index contributed by atoms with van der Waals surface area (Å²) in [6.07, 6.45) is 0. The fourth-order valence-corrected chi connectivity index (χ4v) is 4.94. The summed E-state index contributed by atoms with van der Waals surface area (Å²) < 4.78 is 27.8. The third-order valence-corrected chi connectivity index (χ3v) is 6.87. The van der Waals surface area contributed by atoms with Gasteiger partial charge in [0.25, 0.3) is 0 Å². The van der Waals surface area contributed by atoms with Crippen molar-refractivity contribution in [2.45, 2.75) is 11.8 Å². The monoisotopic (exact) mass is 403 g/mol. The summed E-state index contributed by atoms with van der Waals surface area (Å²) in [6, 6.07) is 7.11. The minimum Gasteiger partial charge on any atom is -0.300 e. The first-order valence-corrected chi connectivity index (χ1v) is 11.4. The molecule has 0 saturated carbocycles. The highest BCUT2D eigenvalue weighted by atomic mass is 32.2. The molecule has 142 valence electrons. The molecule has 0 atom stereocenters. The highest BCUT2D eigenvalue weighted by Crippen LogP contribution is 2.17. The molecular formula is C17H29N3O2S3. The van der Waals surface area contributed by atoms with Gasteiger partial charge in [-0.25, -0.2) is 8.42 Å². The summed E-state index contributed by atoms with van der Waals surface area (Å²) in [5.41, 5.74) is 1.06. The second-order valence-electron chi connectivity index (χ2n) is 6.35. The SMILES string of the molecule is Cc1ccc(S(=O)(=O)N2CCN(CCS)CCN(CCS)CC2)cc1. The molecular weight excluding hydrogens is 374 g/mol. The van der Waals surface area contributed by atoms with Crippen molar-refractivity contribution >= 4 is 35.3 Å². The van der Waals surface area contributed by atoms with E-state index in [1.807, 2.05) is 19.1 Å². The van der Waals surface area contributed by atoms with Gasteiger partial charge in [-0.15, -0.1) is 0 Å². The van der Waals surface area contributed by atoms with Crippen LogP contribution in [0.3, 0.4) is 0 Å². The lowest BCUT2D eigenvalue weighted by atomic mass is 10.2. The normalized spacial score (nSPS) is 19.3. The van der Waals surface area contributed by atoms with Crippen LogP contribution in [-0.2, 0) is 10.0 Å². The number of sulfonamides is 1. The van der Waals surface area contributed by atoms with Gasteiger partial charge in [0.05, 0.1) is 4.90 Å². The van der Waals surface area contributed by atoms with Crippen LogP contribution in [0.4, 0.5) is 0 Å². The summed E-state index contributed by atoms with van der Waals surface area (Å²) in [5, 5.41) is 0. The molecule has 8 heteroatoms. The molecule has 1 fully saturated rings. The molecule has 1 aromatic rings. The van der Waals surface area contributed by atoms with E-state index in [1.54, 1.807) is 16.4 Å². The first-order chi connectivity index (χ1) is 12.0. The lowest BCUT2D eigenvalue weighted by Crippen LogP contribution is -2.40. The molecule has 1 saturated heterocycles. The van der Waals surface area contributed by atoms with Crippen molar-refractivity contribution in [3.8, 4) is 0 Å². The second-order valence-corrected chi connectivity index (χ2v) is 9.18. The molecule has 0 bridgehead atoms. The number of hydrogen-bond acceptors (Lipinski definition) is 6. The zero-order chi connectivity index (χ0) is 18.3. The average molecular weight is 404 g/mol. The molecule has 1 aliphatic rings. The highest BCUT2D eigenvalue weighted by Gasteiger charge is 2.26. The number of rotatable bonds is 6. The molecule has 1 heterocycles. The number of thiol groups is 2. The predicted molar refractivity (Wildman–Crippen MR) is 111 cm³/mol. The molecule has 0 spiro atoms. The van der Waals surface area contributed by atoms with E-state index >= 15 is 0 Å². The number of nitrogens with zero attached hydrogens (tertiary/aromatic N) is 3.